The van der Waals surface area contributed by atoms with Gasteiger partial charge in [0, 0.05) is 22.7 Å². The molecule has 1 saturated heterocycles. The van der Waals surface area contributed by atoms with Crippen molar-refractivity contribution in [1.82, 2.24) is 15.0 Å². The third-order valence-electron chi connectivity index (χ3n) is 10.7. The summed E-state index contributed by atoms with van der Waals surface area (Å²) in [5, 5.41) is 7.01. The molecular formula is C41H45MgN4O5-. The number of esters is 2. The largest absolute Gasteiger partial charge is 2.00 e. The third-order valence-corrected chi connectivity index (χ3v) is 10.7. The summed E-state index contributed by atoms with van der Waals surface area (Å²) in [4.78, 5) is 54.3. The number of ketones is 1. The van der Waals surface area contributed by atoms with Gasteiger partial charge in [-0.05, 0) is 81.6 Å². The number of allylic oxidation sites excluding steroid dienone is 3. The van der Waals surface area contributed by atoms with Gasteiger partial charge in [-0.15, -0.1) is 22.8 Å². The molecule has 3 atom stereocenters. The van der Waals surface area contributed by atoms with Crippen molar-refractivity contribution in [3.8, 4) is 0 Å². The van der Waals surface area contributed by atoms with E-state index in [1.807, 2.05) is 45.1 Å². The molecule has 0 saturated carbocycles. The molecule has 51 heavy (non-hydrogen) atoms. The van der Waals surface area contributed by atoms with Gasteiger partial charge >= 0.3 is 35.0 Å². The van der Waals surface area contributed by atoms with Crippen LogP contribution in [-0.4, -0.2) is 59.5 Å². The molecule has 3 aliphatic rings. The van der Waals surface area contributed by atoms with E-state index < -0.39 is 11.9 Å². The first-order chi connectivity index (χ1) is 23.9. The van der Waals surface area contributed by atoms with Crippen molar-refractivity contribution in [3.05, 3.63) is 102 Å². The Labute approximate surface area is 315 Å². The number of nitrogens with zero attached hydrogens (tertiary/aromatic N) is 3. The predicted octanol–water partition coefficient (Wildman–Crippen LogP) is 5.71. The normalized spacial score (nSPS) is 22.9. The van der Waals surface area contributed by atoms with Crippen molar-refractivity contribution in [3.63, 3.8) is 0 Å². The SMILES string of the molecule is C=Cc1c2[n-]c(c1C)/C=C1\[N-]/C(=C3\c4[n-]c(c(C)c4C(=O)[C@@H]3C(=O)OC)/C=c3\[nH]/c(c(C)c3CC)=C\2)[C@@H](CCC(=O)OC/C=C(\C)CC)[C@@H]1C.[Mg+2]. The molecule has 10 heteroatoms. The van der Waals surface area contributed by atoms with Gasteiger partial charge in [0.25, 0.3) is 0 Å². The van der Waals surface area contributed by atoms with Gasteiger partial charge in [-0.2, -0.15) is 11.4 Å². The fourth-order valence-corrected chi connectivity index (χ4v) is 7.50. The molecule has 9 nitrogen and oxygen atoms in total. The summed E-state index contributed by atoms with van der Waals surface area (Å²) < 4.78 is 10.7. The van der Waals surface area contributed by atoms with E-state index in [0.29, 0.717) is 40.2 Å². The number of carbonyl (C=O) groups is 3. The van der Waals surface area contributed by atoms with Crippen LogP contribution in [0.1, 0.15) is 108 Å². The second kappa shape index (κ2) is 15.1. The molecule has 262 valence electrons. The predicted molar refractivity (Wildman–Crippen MR) is 201 cm³/mol. The van der Waals surface area contributed by atoms with Crippen LogP contribution in [0.15, 0.2) is 29.6 Å². The van der Waals surface area contributed by atoms with Crippen LogP contribution in [0.4, 0.5) is 0 Å². The first-order valence-corrected chi connectivity index (χ1v) is 17.4. The van der Waals surface area contributed by atoms with Crippen molar-refractivity contribution in [2.45, 2.75) is 74.1 Å². The van der Waals surface area contributed by atoms with E-state index in [4.69, 9.17) is 24.8 Å². The molecule has 0 amide bonds. The maximum absolute atomic E-state index is 14.2. The van der Waals surface area contributed by atoms with Crippen molar-refractivity contribution in [1.29, 1.82) is 0 Å². The van der Waals surface area contributed by atoms with Gasteiger partial charge in [0.2, 0.25) is 0 Å². The number of aromatic nitrogens is 3. The molecule has 1 N–H and O–H groups in total. The number of H-pyrrole nitrogens is 1. The average Bonchev–Trinajstić information content (AvgIpc) is 3.84. The molecule has 1 fully saturated rings. The van der Waals surface area contributed by atoms with Gasteiger partial charge in [-0.1, -0.05) is 73.9 Å². The Morgan fingerprint density at radius 2 is 1.71 bits per heavy atom. The minimum atomic E-state index is -1.20. The Kier molecular flexibility index (Phi) is 11.3. The Hall–Kier alpha value is -4.28. The molecule has 1 aliphatic carbocycles. The summed E-state index contributed by atoms with van der Waals surface area (Å²) in [5.74, 6) is -3.00. The molecule has 0 unspecified atom stereocenters. The van der Waals surface area contributed by atoms with Crippen molar-refractivity contribution in [2.24, 2.45) is 17.8 Å². The topological polar surface area (TPSA) is 128 Å². The zero-order valence-corrected chi connectivity index (χ0v) is 32.4. The van der Waals surface area contributed by atoms with E-state index in [9.17, 15) is 14.4 Å². The molecule has 0 spiro atoms. The Morgan fingerprint density at radius 1 is 1.00 bits per heavy atom. The summed E-state index contributed by atoms with van der Waals surface area (Å²) in [6, 6.07) is 0. The summed E-state index contributed by atoms with van der Waals surface area (Å²) in [7, 11) is 1.29. The zero-order chi connectivity index (χ0) is 36.0. The number of methoxy groups -OCH3 is 1. The fourth-order valence-electron chi connectivity index (χ4n) is 7.50. The van der Waals surface area contributed by atoms with Crippen LogP contribution >= 0.6 is 0 Å². The number of aromatic amines is 1. The number of rotatable bonds is 9. The number of hydrogen-bond acceptors (Lipinski definition) is 5. The molecule has 0 aromatic carbocycles. The van der Waals surface area contributed by atoms with Gasteiger partial charge in [-0.3, -0.25) is 14.4 Å². The maximum atomic E-state index is 14.2. The summed E-state index contributed by atoms with van der Waals surface area (Å²) in [6.45, 7) is 18.5. The van der Waals surface area contributed by atoms with Crippen LogP contribution in [0.25, 0.3) is 35.2 Å². The molecule has 6 rings (SSSR count). The number of nitrogens with one attached hydrogen (secondary N) is 1. The maximum Gasteiger partial charge on any atom is 2.00 e. The van der Waals surface area contributed by atoms with E-state index in [1.165, 1.54) is 7.11 Å². The van der Waals surface area contributed by atoms with Crippen LogP contribution in [-0.2, 0) is 25.5 Å². The number of ether oxygens (including phenoxy) is 2. The summed E-state index contributed by atoms with van der Waals surface area (Å²) in [5.41, 5.74) is 10.8. The first-order valence-electron chi connectivity index (χ1n) is 17.4. The zero-order valence-electron chi connectivity index (χ0n) is 31.0. The van der Waals surface area contributed by atoms with Gasteiger partial charge in [0.1, 0.15) is 12.5 Å². The van der Waals surface area contributed by atoms with Crippen LogP contribution in [0.5, 0.6) is 0 Å². The van der Waals surface area contributed by atoms with Crippen LogP contribution < -0.4 is 20.7 Å². The minimum absolute atomic E-state index is 0. The molecule has 5 heterocycles. The molecule has 3 aromatic rings. The van der Waals surface area contributed by atoms with E-state index in [0.717, 1.165) is 68.5 Å². The summed E-state index contributed by atoms with van der Waals surface area (Å²) in [6.07, 6.45) is 12.0. The Bertz CT molecular complexity index is 2150. The van der Waals surface area contributed by atoms with Gasteiger partial charge in [0.15, 0.2) is 5.78 Å². The van der Waals surface area contributed by atoms with Gasteiger partial charge in [0.05, 0.1) is 7.11 Å². The Balaban J connectivity index is 0.00000504. The van der Waals surface area contributed by atoms with Crippen LogP contribution in [0.3, 0.4) is 0 Å². The number of Topliss-reactive ketones (excluding diaryl/α,β-unsaturated/α-hetero) is 1. The second-order valence-electron chi connectivity index (χ2n) is 13.5. The minimum Gasteiger partial charge on any atom is -0.664 e. The fraction of sp³-hybridized carbons (Fsp3) is 0.390. The Morgan fingerprint density at radius 3 is 2.37 bits per heavy atom. The second-order valence-corrected chi connectivity index (χ2v) is 13.5. The van der Waals surface area contributed by atoms with Crippen molar-refractivity contribution >= 4 is 70.7 Å². The van der Waals surface area contributed by atoms with Crippen LogP contribution in [0, 0.1) is 38.5 Å². The number of hydrogen-bond donors (Lipinski definition) is 1. The quantitative estimate of drug-likeness (QED) is 0.131. The molecule has 8 bridgehead atoms. The molecule has 0 radical (unpaired) electrons. The summed E-state index contributed by atoms with van der Waals surface area (Å²) >= 11 is 0. The smallest absolute Gasteiger partial charge is 0.664 e. The van der Waals surface area contributed by atoms with Gasteiger partial charge in [-0.25, -0.2) is 0 Å². The van der Waals surface area contributed by atoms with E-state index >= 15 is 0 Å². The third kappa shape index (κ3) is 6.64. The van der Waals surface area contributed by atoms with E-state index in [-0.39, 0.29) is 59.7 Å². The van der Waals surface area contributed by atoms with Crippen LogP contribution in [0.2, 0.25) is 0 Å². The van der Waals surface area contributed by atoms with Crippen molar-refractivity contribution < 1.29 is 23.9 Å². The molecule has 2 aliphatic heterocycles. The van der Waals surface area contributed by atoms with E-state index in [1.54, 1.807) is 0 Å². The van der Waals surface area contributed by atoms with E-state index in [2.05, 4.69) is 45.3 Å². The first kappa shape index (κ1) is 38.0. The number of carbonyl (C=O) groups excluding carboxylic acids is 3. The van der Waals surface area contributed by atoms with Crippen molar-refractivity contribution in [2.75, 3.05) is 13.7 Å². The average molecular weight is 698 g/mol. The monoisotopic (exact) mass is 697 g/mol. The molecular weight excluding hydrogens is 653 g/mol. The number of fused-ring (bicyclic) bond motifs is 7. The standard InChI is InChI=1S/C41H46N4O5.Mg/c1-10-20(4)15-16-50-34(46)14-13-27-23(7)30-17-28-21(5)25(11-2)32(42-28)18-29-22(6)26(12-3)33(43-29)19-31-24(8)35-39(45-31)36(38(27)44-30)37(40(35)47)41(48)49-9;/h11,15,17-19,23,27,37,43H,2,10,12-14,16H2,1,3-9H3,(H-,44,45,47);/q-2;+2/p-1/b20-15+,29-18-,30-17-,33-19-;/t23-,27-,37+;/m0./s1. The molecule has 3 aromatic heterocycles. The van der Waals surface area contributed by atoms with Gasteiger partial charge < -0.3 is 29.7 Å².